The van der Waals surface area contributed by atoms with Crippen LogP contribution in [0.5, 0.6) is 0 Å². The predicted octanol–water partition coefficient (Wildman–Crippen LogP) is 2.48. The van der Waals surface area contributed by atoms with Crippen molar-refractivity contribution in [1.29, 1.82) is 0 Å². The van der Waals surface area contributed by atoms with Gasteiger partial charge in [0.2, 0.25) is 0 Å². The van der Waals surface area contributed by atoms with E-state index in [1.54, 1.807) is 12.1 Å². The normalized spacial score (nSPS) is 17.3. The quantitative estimate of drug-likeness (QED) is 0.641. The number of benzene rings is 1. The highest BCUT2D eigenvalue weighted by Gasteiger charge is 2.18. The highest BCUT2D eigenvalue weighted by atomic mass is 16.6. The molecule has 20 heavy (non-hydrogen) atoms. The Hall–Kier alpha value is -1.46. The van der Waals surface area contributed by atoms with E-state index in [1.807, 2.05) is 13.0 Å². The Labute approximate surface area is 120 Å². The lowest BCUT2D eigenvalue weighted by Crippen LogP contribution is -2.38. The van der Waals surface area contributed by atoms with Crippen molar-refractivity contribution in [2.45, 2.75) is 39.3 Å². The molecule has 0 bridgehead atoms. The number of rotatable bonds is 6. The van der Waals surface area contributed by atoms with Crippen LogP contribution in [0.3, 0.4) is 0 Å². The third-order valence-corrected chi connectivity index (χ3v) is 4.13. The van der Waals surface area contributed by atoms with Gasteiger partial charge in [-0.05, 0) is 45.3 Å². The molecule has 1 aliphatic heterocycles. The molecule has 1 saturated heterocycles. The molecule has 5 heteroatoms. The predicted molar refractivity (Wildman–Crippen MR) is 79.8 cm³/mol. The molecule has 110 valence electrons. The maximum absolute atomic E-state index is 10.9. The summed E-state index contributed by atoms with van der Waals surface area (Å²) in [4.78, 5) is 13.1. The van der Waals surface area contributed by atoms with Gasteiger partial charge in [-0.3, -0.25) is 15.0 Å². The first-order chi connectivity index (χ1) is 9.59. The maximum Gasteiger partial charge on any atom is 0.272 e. The number of hydrogen-bond donors (Lipinski definition) is 1. The van der Waals surface area contributed by atoms with Crippen molar-refractivity contribution < 1.29 is 4.92 Å². The van der Waals surface area contributed by atoms with Crippen LogP contribution in [-0.2, 0) is 6.54 Å². The minimum atomic E-state index is -0.314. The van der Waals surface area contributed by atoms with Crippen LogP contribution in [0.1, 0.15) is 30.9 Å². The molecule has 1 unspecified atom stereocenters. The minimum absolute atomic E-state index is 0.205. The highest BCUT2D eigenvalue weighted by molar-refractivity contribution is 5.44. The van der Waals surface area contributed by atoms with Crippen LogP contribution >= 0.6 is 0 Å². The maximum atomic E-state index is 10.9. The molecule has 0 aliphatic carbocycles. The summed E-state index contributed by atoms with van der Waals surface area (Å²) in [5, 5.41) is 14.3. The smallest absolute Gasteiger partial charge is 0.272 e. The molecule has 0 amide bonds. The zero-order valence-electron chi connectivity index (χ0n) is 12.3. The molecule has 1 heterocycles. The van der Waals surface area contributed by atoms with Crippen molar-refractivity contribution in [3.05, 3.63) is 39.4 Å². The molecular formula is C15H23N3O2. The topological polar surface area (TPSA) is 58.4 Å². The van der Waals surface area contributed by atoms with Gasteiger partial charge in [-0.2, -0.15) is 0 Å². The monoisotopic (exact) mass is 277 g/mol. The van der Waals surface area contributed by atoms with Crippen LogP contribution < -0.4 is 5.32 Å². The molecule has 1 atom stereocenters. The molecule has 2 rings (SSSR count). The zero-order chi connectivity index (χ0) is 14.5. The van der Waals surface area contributed by atoms with Gasteiger partial charge >= 0.3 is 0 Å². The van der Waals surface area contributed by atoms with Crippen LogP contribution in [0.4, 0.5) is 5.69 Å². The van der Waals surface area contributed by atoms with Gasteiger partial charge < -0.3 is 5.32 Å². The first kappa shape index (κ1) is 14.9. The standard InChI is InChI=1S/C15H23N3O2/c1-12(17-8-3-4-9-17)10-16-11-14-6-5-7-15(13(14)2)18(19)20/h5-7,12,16H,3-4,8-11H2,1-2H3. The summed E-state index contributed by atoms with van der Waals surface area (Å²) < 4.78 is 0. The Morgan fingerprint density at radius 3 is 2.75 bits per heavy atom. The van der Waals surface area contributed by atoms with Gasteiger partial charge in [-0.25, -0.2) is 0 Å². The van der Waals surface area contributed by atoms with Crippen molar-refractivity contribution in [3.63, 3.8) is 0 Å². The summed E-state index contributed by atoms with van der Waals surface area (Å²) in [5.74, 6) is 0. The number of nitro benzene ring substituents is 1. The largest absolute Gasteiger partial charge is 0.311 e. The molecule has 0 saturated carbocycles. The third kappa shape index (κ3) is 3.55. The number of hydrogen-bond acceptors (Lipinski definition) is 4. The Morgan fingerprint density at radius 1 is 1.40 bits per heavy atom. The molecule has 1 aromatic rings. The van der Waals surface area contributed by atoms with E-state index >= 15 is 0 Å². The summed E-state index contributed by atoms with van der Waals surface area (Å²) >= 11 is 0. The summed E-state index contributed by atoms with van der Waals surface area (Å²) in [6, 6.07) is 5.80. The first-order valence-corrected chi connectivity index (χ1v) is 7.27. The van der Waals surface area contributed by atoms with E-state index in [0.29, 0.717) is 12.6 Å². The van der Waals surface area contributed by atoms with Crippen LogP contribution in [0, 0.1) is 17.0 Å². The summed E-state index contributed by atoms with van der Waals surface area (Å²) in [5.41, 5.74) is 1.98. The van der Waals surface area contributed by atoms with Crippen LogP contribution in [0.2, 0.25) is 0 Å². The van der Waals surface area contributed by atoms with Crippen molar-refractivity contribution >= 4 is 5.69 Å². The second-order valence-electron chi connectivity index (χ2n) is 5.54. The van der Waals surface area contributed by atoms with Gasteiger partial charge in [0.1, 0.15) is 0 Å². The molecule has 1 aliphatic rings. The fourth-order valence-corrected chi connectivity index (χ4v) is 2.79. The summed E-state index contributed by atoms with van der Waals surface area (Å²) in [6.07, 6.45) is 2.60. The zero-order valence-corrected chi connectivity index (χ0v) is 12.3. The SMILES string of the molecule is Cc1c(CNCC(C)N2CCCC2)cccc1[N+](=O)[O-]. The minimum Gasteiger partial charge on any atom is -0.311 e. The van der Waals surface area contributed by atoms with E-state index in [-0.39, 0.29) is 10.6 Å². The summed E-state index contributed by atoms with van der Waals surface area (Å²) in [6.45, 7) is 8.04. The molecule has 1 aromatic carbocycles. The molecule has 1 N–H and O–H groups in total. The lowest BCUT2D eigenvalue weighted by atomic mass is 10.1. The molecule has 0 spiro atoms. The third-order valence-electron chi connectivity index (χ3n) is 4.13. The van der Waals surface area contributed by atoms with E-state index in [2.05, 4.69) is 17.1 Å². The van der Waals surface area contributed by atoms with E-state index in [4.69, 9.17) is 0 Å². The number of likely N-dealkylation sites (tertiary alicyclic amines) is 1. The van der Waals surface area contributed by atoms with Gasteiger partial charge in [0.05, 0.1) is 4.92 Å². The van der Waals surface area contributed by atoms with E-state index in [1.165, 1.54) is 25.9 Å². The number of nitro groups is 1. The van der Waals surface area contributed by atoms with Crippen LogP contribution in [-0.4, -0.2) is 35.5 Å². The van der Waals surface area contributed by atoms with Gasteiger partial charge in [-0.15, -0.1) is 0 Å². The number of nitrogens with one attached hydrogen (secondary N) is 1. The average molecular weight is 277 g/mol. The average Bonchev–Trinajstić information content (AvgIpc) is 2.94. The fourth-order valence-electron chi connectivity index (χ4n) is 2.79. The number of nitrogens with zero attached hydrogens (tertiary/aromatic N) is 2. The van der Waals surface area contributed by atoms with Crippen LogP contribution in [0.25, 0.3) is 0 Å². The van der Waals surface area contributed by atoms with Gasteiger partial charge in [-0.1, -0.05) is 12.1 Å². The Balaban J connectivity index is 1.87. The van der Waals surface area contributed by atoms with Crippen molar-refractivity contribution in [2.24, 2.45) is 0 Å². The molecular weight excluding hydrogens is 254 g/mol. The van der Waals surface area contributed by atoms with Gasteiger partial charge in [0, 0.05) is 30.8 Å². The lowest BCUT2D eigenvalue weighted by Gasteiger charge is -2.24. The first-order valence-electron chi connectivity index (χ1n) is 7.27. The van der Waals surface area contributed by atoms with E-state index in [9.17, 15) is 10.1 Å². The Morgan fingerprint density at radius 2 is 2.10 bits per heavy atom. The summed E-state index contributed by atoms with van der Waals surface area (Å²) in [7, 11) is 0. The Bertz CT molecular complexity index is 470. The van der Waals surface area contributed by atoms with Crippen molar-refractivity contribution in [1.82, 2.24) is 10.2 Å². The van der Waals surface area contributed by atoms with E-state index < -0.39 is 0 Å². The Kier molecular flexibility index (Phi) is 5.09. The lowest BCUT2D eigenvalue weighted by molar-refractivity contribution is -0.385. The van der Waals surface area contributed by atoms with Gasteiger partial charge in [0.15, 0.2) is 0 Å². The van der Waals surface area contributed by atoms with Gasteiger partial charge in [0.25, 0.3) is 5.69 Å². The second-order valence-corrected chi connectivity index (χ2v) is 5.54. The highest BCUT2D eigenvalue weighted by Crippen LogP contribution is 2.20. The molecule has 5 nitrogen and oxygen atoms in total. The van der Waals surface area contributed by atoms with Crippen molar-refractivity contribution in [2.75, 3.05) is 19.6 Å². The molecule has 0 aromatic heterocycles. The molecule has 1 fully saturated rings. The fraction of sp³-hybridized carbons (Fsp3) is 0.600. The molecule has 0 radical (unpaired) electrons. The van der Waals surface area contributed by atoms with Crippen molar-refractivity contribution in [3.8, 4) is 0 Å². The second kappa shape index (κ2) is 6.81. The van der Waals surface area contributed by atoms with E-state index in [0.717, 1.165) is 17.7 Å². The van der Waals surface area contributed by atoms with Crippen LogP contribution in [0.15, 0.2) is 18.2 Å².